The molecule has 4 N–H and O–H groups in total. The van der Waals surface area contributed by atoms with Crippen molar-refractivity contribution in [3.63, 3.8) is 0 Å². The van der Waals surface area contributed by atoms with Crippen molar-refractivity contribution in [1.82, 2.24) is 0 Å². The topological polar surface area (TPSA) is 92.4 Å². The predicted molar refractivity (Wildman–Crippen MR) is 64.8 cm³/mol. The minimum atomic E-state index is -0.955. The monoisotopic (exact) mass is 234 g/mol. The lowest BCUT2D eigenvalue weighted by Crippen LogP contribution is -2.28. The van der Waals surface area contributed by atoms with Crippen molar-refractivity contribution >= 4 is 17.6 Å². The number of hydrogen-bond donors (Lipinski definition) is 3. The third-order valence-electron chi connectivity index (χ3n) is 2.21. The van der Waals surface area contributed by atoms with Crippen LogP contribution in [0.2, 0.25) is 0 Å². The molecule has 0 radical (unpaired) electrons. The number of carbonyl (C=O) groups excluding carboxylic acids is 1. The highest BCUT2D eigenvalue weighted by Gasteiger charge is 2.14. The van der Waals surface area contributed by atoms with Crippen molar-refractivity contribution in [2.24, 2.45) is 5.73 Å². The maximum Gasteiger partial charge on any atom is 0.326 e. The number of anilines is 1. The molecule has 5 nitrogen and oxygen atoms in total. The number of nitrogens with one attached hydrogen (secondary N) is 1. The molecule has 1 rings (SSSR count). The average molecular weight is 234 g/mol. The molecule has 0 saturated carbocycles. The second kappa shape index (κ2) is 5.69. The van der Waals surface area contributed by atoms with Crippen molar-refractivity contribution in [2.45, 2.75) is 12.5 Å². The molecule has 5 heteroatoms. The smallest absolute Gasteiger partial charge is 0.326 e. The number of amides is 1. The van der Waals surface area contributed by atoms with Crippen LogP contribution in [0.3, 0.4) is 0 Å². The number of nitrogens with two attached hydrogens (primary N) is 1. The number of primary amides is 1. The van der Waals surface area contributed by atoms with Gasteiger partial charge < -0.3 is 16.2 Å². The molecule has 1 unspecified atom stereocenters. The summed E-state index contributed by atoms with van der Waals surface area (Å²) in [5.74, 6) is -1.47. The molecule has 0 aliphatic rings. The SMILES string of the molecule is C=CCC(Nc1ccc(C(N)=O)cc1)C(=O)O. The van der Waals surface area contributed by atoms with Gasteiger partial charge in [0.15, 0.2) is 0 Å². The van der Waals surface area contributed by atoms with Crippen LogP contribution in [0.5, 0.6) is 0 Å². The lowest BCUT2D eigenvalue weighted by atomic mass is 10.1. The number of rotatable bonds is 6. The number of benzene rings is 1. The summed E-state index contributed by atoms with van der Waals surface area (Å²) in [6, 6.07) is 5.57. The average Bonchev–Trinajstić information content (AvgIpc) is 2.29. The summed E-state index contributed by atoms with van der Waals surface area (Å²) in [7, 11) is 0. The first-order valence-electron chi connectivity index (χ1n) is 5.04. The molecular weight excluding hydrogens is 220 g/mol. The standard InChI is InChI=1S/C12H14N2O3/c1-2-3-10(12(16)17)14-9-6-4-8(5-7-9)11(13)15/h2,4-7,10,14H,1,3H2,(H2,13,15)(H,16,17). The quantitative estimate of drug-likeness (QED) is 0.645. The highest BCUT2D eigenvalue weighted by Crippen LogP contribution is 2.12. The van der Waals surface area contributed by atoms with Crippen LogP contribution in [0, 0.1) is 0 Å². The molecule has 1 atom stereocenters. The van der Waals surface area contributed by atoms with Gasteiger partial charge >= 0.3 is 5.97 Å². The molecule has 0 aliphatic carbocycles. The molecule has 0 heterocycles. The highest BCUT2D eigenvalue weighted by atomic mass is 16.4. The molecule has 0 saturated heterocycles. The Labute approximate surface area is 98.9 Å². The van der Waals surface area contributed by atoms with Gasteiger partial charge in [-0.05, 0) is 30.7 Å². The summed E-state index contributed by atoms with van der Waals surface area (Å²) in [5, 5.41) is 11.7. The minimum Gasteiger partial charge on any atom is -0.480 e. The van der Waals surface area contributed by atoms with Crippen molar-refractivity contribution in [3.05, 3.63) is 42.5 Å². The van der Waals surface area contributed by atoms with Crippen LogP contribution in [0.15, 0.2) is 36.9 Å². The molecular formula is C12H14N2O3. The Morgan fingerprint density at radius 2 is 2.00 bits per heavy atom. The van der Waals surface area contributed by atoms with Crippen LogP contribution < -0.4 is 11.1 Å². The fourth-order valence-electron chi connectivity index (χ4n) is 1.32. The van der Waals surface area contributed by atoms with Gasteiger partial charge in [-0.2, -0.15) is 0 Å². The zero-order valence-electron chi connectivity index (χ0n) is 9.22. The van der Waals surface area contributed by atoms with Gasteiger partial charge in [-0.1, -0.05) is 6.08 Å². The summed E-state index contributed by atoms with van der Waals surface area (Å²) in [4.78, 5) is 21.7. The fraction of sp³-hybridized carbons (Fsp3) is 0.167. The van der Waals surface area contributed by atoms with Crippen molar-refractivity contribution in [1.29, 1.82) is 0 Å². The molecule has 0 aromatic heterocycles. The van der Waals surface area contributed by atoms with E-state index in [1.165, 1.54) is 18.2 Å². The Kier molecular flexibility index (Phi) is 4.28. The van der Waals surface area contributed by atoms with Crippen molar-refractivity contribution < 1.29 is 14.7 Å². The van der Waals surface area contributed by atoms with E-state index in [-0.39, 0.29) is 0 Å². The molecule has 0 spiro atoms. The van der Waals surface area contributed by atoms with Crippen LogP contribution in [0.4, 0.5) is 5.69 Å². The van der Waals surface area contributed by atoms with Gasteiger partial charge in [0.2, 0.25) is 5.91 Å². The lowest BCUT2D eigenvalue weighted by Gasteiger charge is -2.13. The Morgan fingerprint density at radius 3 is 2.41 bits per heavy atom. The number of carboxylic acids is 1. The van der Waals surface area contributed by atoms with Gasteiger partial charge in [-0.15, -0.1) is 6.58 Å². The van der Waals surface area contributed by atoms with E-state index in [4.69, 9.17) is 10.8 Å². The van der Waals surface area contributed by atoms with Crippen molar-refractivity contribution in [3.8, 4) is 0 Å². The van der Waals surface area contributed by atoms with E-state index in [9.17, 15) is 9.59 Å². The molecule has 1 aromatic rings. The number of carbonyl (C=O) groups is 2. The molecule has 90 valence electrons. The van der Waals surface area contributed by atoms with Gasteiger partial charge in [0.05, 0.1) is 0 Å². The van der Waals surface area contributed by atoms with Gasteiger partial charge in [0.1, 0.15) is 6.04 Å². The Balaban J connectivity index is 2.76. The van der Waals surface area contributed by atoms with Crippen LogP contribution in [0.1, 0.15) is 16.8 Å². The van der Waals surface area contributed by atoms with Gasteiger partial charge in [-0.25, -0.2) is 4.79 Å². The summed E-state index contributed by atoms with van der Waals surface area (Å²) < 4.78 is 0. The van der Waals surface area contributed by atoms with Crippen LogP contribution in [-0.2, 0) is 4.79 Å². The van der Waals surface area contributed by atoms with E-state index < -0.39 is 17.9 Å². The van der Waals surface area contributed by atoms with E-state index in [2.05, 4.69) is 11.9 Å². The van der Waals surface area contributed by atoms with Gasteiger partial charge in [0, 0.05) is 11.3 Å². The lowest BCUT2D eigenvalue weighted by molar-refractivity contribution is -0.137. The fourth-order valence-corrected chi connectivity index (χ4v) is 1.32. The van der Waals surface area contributed by atoms with Gasteiger partial charge in [0.25, 0.3) is 0 Å². The van der Waals surface area contributed by atoms with Crippen LogP contribution in [-0.4, -0.2) is 23.0 Å². The zero-order valence-corrected chi connectivity index (χ0v) is 9.22. The largest absolute Gasteiger partial charge is 0.480 e. The predicted octanol–water partition coefficient (Wildman–Crippen LogP) is 1.23. The Morgan fingerprint density at radius 1 is 1.41 bits per heavy atom. The maximum atomic E-state index is 10.9. The summed E-state index contributed by atoms with van der Waals surface area (Å²) in [5.41, 5.74) is 6.09. The first-order chi connectivity index (χ1) is 8.04. The first kappa shape index (κ1) is 12.8. The maximum absolute atomic E-state index is 10.9. The third-order valence-corrected chi connectivity index (χ3v) is 2.21. The van der Waals surface area contributed by atoms with Crippen molar-refractivity contribution in [2.75, 3.05) is 5.32 Å². The summed E-state index contributed by atoms with van der Waals surface area (Å²) in [6.45, 7) is 3.50. The number of hydrogen-bond acceptors (Lipinski definition) is 3. The summed E-state index contributed by atoms with van der Waals surface area (Å²) in [6.07, 6.45) is 1.84. The molecule has 17 heavy (non-hydrogen) atoms. The molecule has 0 fully saturated rings. The van der Waals surface area contributed by atoms with E-state index in [1.807, 2.05) is 0 Å². The van der Waals surface area contributed by atoms with Crippen LogP contribution in [0.25, 0.3) is 0 Å². The third kappa shape index (κ3) is 3.64. The minimum absolute atomic E-state index is 0.312. The van der Waals surface area contributed by atoms with Crippen LogP contribution >= 0.6 is 0 Å². The van der Waals surface area contributed by atoms with E-state index in [0.29, 0.717) is 17.7 Å². The number of carboxylic acid groups (broad SMARTS) is 1. The molecule has 1 amide bonds. The molecule has 0 bridgehead atoms. The Bertz CT molecular complexity index is 426. The van der Waals surface area contributed by atoms with Gasteiger partial charge in [-0.3, -0.25) is 4.79 Å². The molecule has 0 aliphatic heterocycles. The Hall–Kier alpha value is -2.30. The summed E-state index contributed by atoms with van der Waals surface area (Å²) >= 11 is 0. The number of aliphatic carboxylic acids is 1. The second-order valence-electron chi connectivity index (χ2n) is 3.50. The van der Waals surface area contributed by atoms with E-state index >= 15 is 0 Å². The normalized spacial score (nSPS) is 11.5. The first-order valence-corrected chi connectivity index (χ1v) is 5.04. The zero-order chi connectivity index (χ0) is 12.8. The molecule has 1 aromatic carbocycles. The van der Waals surface area contributed by atoms with E-state index in [1.54, 1.807) is 12.1 Å². The highest BCUT2D eigenvalue weighted by molar-refractivity contribution is 5.93. The second-order valence-corrected chi connectivity index (χ2v) is 3.50. The van der Waals surface area contributed by atoms with E-state index in [0.717, 1.165) is 0 Å².